The average Bonchev–Trinajstić information content (AvgIpc) is 2.80. The zero-order valence-electron chi connectivity index (χ0n) is 10.2. The summed E-state index contributed by atoms with van der Waals surface area (Å²) in [6.45, 7) is 6.27. The van der Waals surface area contributed by atoms with Crippen molar-refractivity contribution in [3.63, 3.8) is 0 Å². The van der Waals surface area contributed by atoms with Gasteiger partial charge < -0.3 is 10.1 Å². The van der Waals surface area contributed by atoms with Crippen LogP contribution in [0.2, 0.25) is 0 Å². The Morgan fingerprint density at radius 2 is 2.06 bits per heavy atom. The maximum Gasteiger partial charge on any atom is 0.119 e. The van der Waals surface area contributed by atoms with Crippen molar-refractivity contribution in [2.45, 2.75) is 32.7 Å². The van der Waals surface area contributed by atoms with E-state index in [0.29, 0.717) is 12.0 Å². The highest BCUT2D eigenvalue weighted by Crippen LogP contribution is 2.24. The summed E-state index contributed by atoms with van der Waals surface area (Å²) in [4.78, 5) is 0. The summed E-state index contributed by atoms with van der Waals surface area (Å²) >= 11 is 0. The molecule has 0 spiro atoms. The second kappa shape index (κ2) is 5.35. The molecular weight excluding hydrogens is 198 g/mol. The van der Waals surface area contributed by atoms with Crippen LogP contribution in [0.4, 0.5) is 0 Å². The number of hydrogen-bond acceptors (Lipinski definition) is 2. The molecule has 1 aliphatic heterocycles. The lowest BCUT2D eigenvalue weighted by atomic mass is 10.1. The van der Waals surface area contributed by atoms with Crippen LogP contribution in [0.3, 0.4) is 0 Å². The molecule has 88 valence electrons. The van der Waals surface area contributed by atoms with Crippen molar-refractivity contribution in [2.75, 3.05) is 13.2 Å². The molecule has 16 heavy (non-hydrogen) atoms. The highest BCUT2D eigenvalue weighted by Gasteiger charge is 2.15. The molecule has 1 atom stereocenters. The van der Waals surface area contributed by atoms with Crippen molar-refractivity contribution in [3.05, 3.63) is 29.8 Å². The highest BCUT2D eigenvalue weighted by atomic mass is 16.5. The lowest BCUT2D eigenvalue weighted by Crippen LogP contribution is -2.12. The summed E-state index contributed by atoms with van der Waals surface area (Å²) in [7, 11) is 0. The molecule has 0 amide bonds. The van der Waals surface area contributed by atoms with Crippen molar-refractivity contribution >= 4 is 0 Å². The zero-order valence-corrected chi connectivity index (χ0v) is 10.2. The van der Waals surface area contributed by atoms with Crippen LogP contribution in [0, 0.1) is 5.92 Å². The molecule has 0 unspecified atom stereocenters. The van der Waals surface area contributed by atoms with Gasteiger partial charge in [0.05, 0.1) is 6.61 Å². The van der Waals surface area contributed by atoms with E-state index in [1.807, 2.05) is 0 Å². The molecule has 0 aromatic heterocycles. The predicted molar refractivity (Wildman–Crippen MR) is 66.8 cm³/mol. The van der Waals surface area contributed by atoms with E-state index in [9.17, 15) is 0 Å². The topological polar surface area (TPSA) is 21.3 Å². The molecule has 2 rings (SSSR count). The maximum absolute atomic E-state index is 5.66. The summed E-state index contributed by atoms with van der Waals surface area (Å²) in [5, 5.41) is 3.50. The van der Waals surface area contributed by atoms with Gasteiger partial charge in [0.2, 0.25) is 0 Å². The number of ether oxygens (including phenoxy) is 1. The number of benzene rings is 1. The van der Waals surface area contributed by atoms with E-state index in [1.165, 1.54) is 18.4 Å². The van der Waals surface area contributed by atoms with Crippen molar-refractivity contribution in [1.29, 1.82) is 0 Å². The van der Waals surface area contributed by atoms with Gasteiger partial charge in [-0.25, -0.2) is 0 Å². The molecule has 1 N–H and O–H groups in total. The van der Waals surface area contributed by atoms with E-state index in [2.05, 4.69) is 43.4 Å². The van der Waals surface area contributed by atoms with Crippen LogP contribution >= 0.6 is 0 Å². The minimum absolute atomic E-state index is 0.555. The van der Waals surface area contributed by atoms with Gasteiger partial charge in [-0.2, -0.15) is 0 Å². The molecule has 1 aliphatic rings. The molecule has 0 radical (unpaired) electrons. The standard InChI is InChI=1S/C14H21NO/c1-11(2)10-16-13-7-5-12(6-8-13)14-4-3-9-15-14/h5-8,11,14-15H,3-4,9-10H2,1-2H3/t14-/m0/s1. The Hall–Kier alpha value is -1.02. The normalized spacial score (nSPS) is 20.3. The fourth-order valence-electron chi connectivity index (χ4n) is 2.03. The summed E-state index contributed by atoms with van der Waals surface area (Å²) in [6, 6.07) is 9.08. The minimum Gasteiger partial charge on any atom is -0.493 e. The van der Waals surface area contributed by atoms with E-state index < -0.39 is 0 Å². The molecule has 1 aromatic carbocycles. The van der Waals surface area contributed by atoms with Crippen molar-refractivity contribution in [1.82, 2.24) is 5.32 Å². The Labute approximate surface area is 98.0 Å². The summed E-state index contributed by atoms with van der Waals surface area (Å²) < 4.78 is 5.66. The maximum atomic E-state index is 5.66. The molecule has 2 nitrogen and oxygen atoms in total. The highest BCUT2D eigenvalue weighted by molar-refractivity contribution is 5.29. The Kier molecular flexibility index (Phi) is 3.83. The third-order valence-corrected chi connectivity index (χ3v) is 2.93. The molecule has 1 aromatic rings. The van der Waals surface area contributed by atoms with E-state index in [4.69, 9.17) is 4.74 Å². The van der Waals surface area contributed by atoms with Gasteiger partial charge in [0, 0.05) is 6.04 Å². The van der Waals surface area contributed by atoms with Gasteiger partial charge in [0.25, 0.3) is 0 Å². The lowest BCUT2D eigenvalue weighted by Gasteiger charge is -2.12. The van der Waals surface area contributed by atoms with Gasteiger partial charge in [-0.1, -0.05) is 26.0 Å². The first-order valence-electron chi connectivity index (χ1n) is 6.22. The summed E-state index contributed by atoms with van der Waals surface area (Å²) in [5.41, 5.74) is 1.38. The van der Waals surface area contributed by atoms with Gasteiger partial charge in [-0.3, -0.25) is 0 Å². The van der Waals surface area contributed by atoms with Crippen LogP contribution in [-0.4, -0.2) is 13.2 Å². The predicted octanol–water partition coefficient (Wildman–Crippen LogP) is 3.15. The van der Waals surface area contributed by atoms with Crippen molar-refractivity contribution in [3.8, 4) is 5.75 Å². The quantitative estimate of drug-likeness (QED) is 0.840. The van der Waals surface area contributed by atoms with Crippen LogP contribution in [0.15, 0.2) is 24.3 Å². The Morgan fingerprint density at radius 1 is 1.31 bits per heavy atom. The Bertz CT molecular complexity index is 312. The fraction of sp³-hybridized carbons (Fsp3) is 0.571. The molecule has 2 heteroatoms. The molecular formula is C14H21NO. The molecule has 0 bridgehead atoms. The monoisotopic (exact) mass is 219 g/mol. The second-order valence-corrected chi connectivity index (χ2v) is 4.92. The van der Waals surface area contributed by atoms with Crippen LogP contribution in [0.25, 0.3) is 0 Å². The average molecular weight is 219 g/mol. The fourth-order valence-corrected chi connectivity index (χ4v) is 2.03. The summed E-state index contributed by atoms with van der Waals surface area (Å²) in [5.74, 6) is 1.56. The van der Waals surface area contributed by atoms with Crippen LogP contribution < -0.4 is 10.1 Å². The van der Waals surface area contributed by atoms with Gasteiger partial charge in [-0.15, -0.1) is 0 Å². The summed E-state index contributed by atoms with van der Waals surface area (Å²) in [6.07, 6.45) is 2.54. The number of rotatable bonds is 4. The first-order chi connectivity index (χ1) is 7.75. The van der Waals surface area contributed by atoms with Gasteiger partial charge in [0.15, 0.2) is 0 Å². The van der Waals surface area contributed by atoms with Crippen LogP contribution in [0.1, 0.15) is 38.3 Å². The molecule has 1 fully saturated rings. The Morgan fingerprint density at radius 3 is 2.62 bits per heavy atom. The largest absolute Gasteiger partial charge is 0.493 e. The van der Waals surface area contributed by atoms with Crippen molar-refractivity contribution < 1.29 is 4.74 Å². The van der Waals surface area contributed by atoms with E-state index in [1.54, 1.807) is 0 Å². The van der Waals surface area contributed by atoms with E-state index in [-0.39, 0.29) is 0 Å². The van der Waals surface area contributed by atoms with Gasteiger partial charge >= 0.3 is 0 Å². The minimum atomic E-state index is 0.555. The van der Waals surface area contributed by atoms with Crippen LogP contribution in [0.5, 0.6) is 5.75 Å². The molecule has 1 heterocycles. The first kappa shape index (κ1) is 11.5. The lowest BCUT2D eigenvalue weighted by molar-refractivity contribution is 0.271. The van der Waals surface area contributed by atoms with Crippen molar-refractivity contribution in [2.24, 2.45) is 5.92 Å². The van der Waals surface area contributed by atoms with Gasteiger partial charge in [-0.05, 0) is 43.0 Å². The van der Waals surface area contributed by atoms with E-state index in [0.717, 1.165) is 18.9 Å². The molecule has 0 saturated carbocycles. The third-order valence-electron chi connectivity index (χ3n) is 2.93. The first-order valence-corrected chi connectivity index (χ1v) is 6.22. The molecule has 1 saturated heterocycles. The number of nitrogens with one attached hydrogen (secondary N) is 1. The third kappa shape index (κ3) is 2.99. The smallest absolute Gasteiger partial charge is 0.119 e. The van der Waals surface area contributed by atoms with Crippen LogP contribution in [-0.2, 0) is 0 Å². The zero-order chi connectivity index (χ0) is 11.4. The van der Waals surface area contributed by atoms with E-state index >= 15 is 0 Å². The second-order valence-electron chi connectivity index (χ2n) is 4.92. The number of hydrogen-bond donors (Lipinski definition) is 1. The molecule has 0 aliphatic carbocycles. The Balaban J connectivity index is 1.93. The SMILES string of the molecule is CC(C)COc1ccc([C@@H]2CCCN2)cc1. The van der Waals surface area contributed by atoms with Gasteiger partial charge in [0.1, 0.15) is 5.75 Å².